The molecule has 0 fully saturated rings. The quantitative estimate of drug-likeness (QED) is 0.192. The van der Waals surface area contributed by atoms with Crippen molar-refractivity contribution in [1.82, 2.24) is 0 Å². The van der Waals surface area contributed by atoms with Crippen LogP contribution >= 0.6 is 15.9 Å². The first-order valence-corrected chi connectivity index (χ1v) is 11.8. The third-order valence-corrected chi connectivity index (χ3v) is 5.81. The molecular weight excluding hydrogens is 506 g/mol. The molecule has 0 spiro atoms. The smallest absolute Gasteiger partial charge is 0.321 e. The maximum atomic E-state index is 11.3. The number of carboxylic acid groups (broad SMARTS) is 2. The molecule has 4 rings (SSSR count). The Kier molecular flexibility index (Phi) is 11.8. The van der Waals surface area contributed by atoms with E-state index in [2.05, 4.69) is 15.9 Å². The molecular formula is C29H28BrNO4. The molecule has 0 aromatic heterocycles. The van der Waals surface area contributed by atoms with Gasteiger partial charge in [0.05, 0.1) is 5.92 Å². The van der Waals surface area contributed by atoms with E-state index in [1.165, 1.54) is 0 Å². The second kappa shape index (κ2) is 15.1. The van der Waals surface area contributed by atoms with Crippen molar-refractivity contribution < 1.29 is 19.8 Å². The van der Waals surface area contributed by atoms with E-state index < -0.39 is 22.7 Å². The van der Waals surface area contributed by atoms with Crippen LogP contribution in [-0.4, -0.2) is 22.2 Å². The molecule has 0 bridgehead atoms. The molecule has 4 aromatic rings. The van der Waals surface area contributed by atoms with E-state index in [9.17, 15) is 14.7 Å². The highest BCUT2D eigenvalue weighted by molar-refractivity contribution is 9.09. The van der Waals surface area contributed by atoms with Crippen molar-refractivity contribution in [2.75, 3.05) is 5.73 Å². The predicted octanol–water partition coefficient (Wildman–Crippen LogP) is 6.57. The number of para-hydroxylation sites is 1. The van der Waals surface area contributed by atoms with Gasteiger partial charge in [0, 0.05) is 5.69 Å². The second-order valence-electron chi connectivity index (χ2n) is 7.51. The Hall–Kier alpha value is -3.90. The summed E-state index contributed by atoms with van der Waals surface area (Å²) in [6.07, 6.45) is 0.528. The van der Waals surface area contributed by atoms with Gasteiger partial charge in [-0.2, -0.15) is 0 Å². The van der Waals surface area contributed by atoms with Crippen molar-refractivity contribution in [2.24, 2.45) is 0 Å². The van der Waals surface area contributed by atoms with E-state index in [-0.39, 0.29) is 0 Å². The number of benzene rings is 4. The van der Waals surface area contributed by atoms with E-state index in [1.807, 2.05) is 109 Å². The van der Waals surface area contributed by atoms with Gasteiger partial charge >= 0.3 is 11.9 Å². The van der Waals surface area contributed by atoms with Crippen molar-refractivity contribution in [3.63, 3.8) is 0 Å². The maximum absolute atomic E-state index is 11.3. The van der Waals surface area contributed by atoms with Gasteiger partial charge in [0.1, 0.15) is 4.83 Å². The summed E-state index contributed by atoms with van der Waals surface area (Å²) >= 11 is 3.05. The zero-order chi connectivity index (χ0) is 25.5. The molecule has 0 heterocycles. The highest BCUT2D eigenvalue weighted by Crippen LogP contribution is 2.22. The molecule has 180 valence electrons. The van der Waals surface area contributed by atoms with Gasteiger partial charge in [-0.05, 0) is 35.2 Å². The first kappa shape index (κ1) is 27.3. The number of anilines is 1. The molecule has 0 aliphatic heterocycles. The summed E-state index contributed by atoms with van der Waals surface area (Å²) in [5.74, 6) is -2.12. The molecule has 0 saturated carbocycles. The summed E-state index contributed by atoms with van der Waals surface area (Å²) in [7, 11) is 0. The fraction of sp³-hybridized carbons (Fsp3) is 0.103. The Morgan fingerprint density at radius 2 is 1.03 bits per heavy atom. The topological polar surface area (TPSA) is 101 Å². The summed E-state index contributed by atoms with van der Waals surface area (Å²) in [5, 5.41) is 17.9. The van der Waals surface area contributed by atoms with Gasteiger partial charge in [-0.15, -0.1) is 0 Å². The Balaban J connectivity index is 0.000000205. The number of nitrogens with two attached hydrogens (primary N) is 1. The van der Waals surface area contributed by atoms with Crippen molar-refractivity contribution in [3.8, 4) is 0 Å². The number of alkyl halides is 1. The molecule has 0 radical (unpaired) electrons. The van der Waals surface area contributed by atoms with Crippen LogP contribution in [0, 0.1) is 0 Å². The lowest BCUT2D eigenvalue weighted by Gasteiger charge is -2.12. The summed E-state index contributed by atoms with van der Waals surface area (Å²) < 4.78 is 0. The minimum Gasteiger partial charge on any atom is -0.481 e. The van der Waals surface area contributed by atoms with Gasteiger partial charge in [0.25, 0.3) is 0 Å². The largest absolute Gasteiger partial charge is 0.481 e. The van der Waals surface area contributed by atoms with Crippen molar-refractivity contribution in [3.05, 3.63) is 138 Å². The number of carboxylic acids is 2. The first-order valence-electron chi connectivity index (χ1n) is 10.9. The van der Waals surface area contributed by atoms with Crippen LogP contribution in [0.15, 0.2) is 121 Å². The van der Waals surface area contributed by atoms with Crippen molar-refractivity contribution in [1.29, 1.82) is 0 Å². The third-order valence-electron chi connectivity index (χ3n) is 4.89. The SMILES string of the molecule is Nc1ccccc1.O=C(O)C(Br)c1ccccc1.O=C(O)C(Cc1ccccc1)c1ccccc1. The third kappa shape index (κ3) is 10.3. The second-order valence-corrected chi connectivity index (χ2v) is 8.43. The fourth-order valence-electron chi connectivity index (χ4n) is 3.10. The van der Waals surface area contributed by atoms with Gasteiger partial charge in [-0.1, -0.05) is 125 Å². The van der Waals surface area contributed by atoms with E-state index in [0.717, 1.165) is 22.4 Å². The Bertz CT molecular complexity index is 1140. The minimum atomic E-state index is -0.865. The molecule has 6 heteroatoms. The lowest BCUT2D eigenvalue weighted by molar-refractivity contribution is -0.139. The molecule has 0 saturated heterocycles. The standard InChI is InChI=1S/C15H14O2.C8H7BrO2.C6H7N/c16-15(17)14(13-9-5-2-6-10-13)11-12-7-3-1-4-8-12;9-7(8(10)11)6-4-2-1-3-5-6;7-6-4-2-1-3-5-6/h1-10,14H,11H2,(H,16,17);1-5,7H,(H,10,11);1-5H,7H2. The summed E-state index contributed by atoms with van der Waals surface area (Å²) in [4.78, 5) is 21.2. The van der Waals surface area contributed by atoms with Crippen molar-refractivity contribution >= 4 is 33.6 Å². The van der Waals surface area contributed by atoms with Crippen LogP contribution in [0.4, 0.5) is 5.69 Å². The summed E-state index contributed by atoms with van der Waals surface area (Å²) in [6, 6.07) is 37.6. The van der Waals surface area contributed by atoms with Crippen LogP contribution in [0.1, 0.15) is 27.4 Å². The number of hydrogen-bond acceptors (Lipinski definition) is 3. The van der Waals surface area contributed by atoms with Crippen LogP contribution < -0.4 is 5.73 Å². The Labute approximate surface area is 214 Å². The van der Waals surface area contributed by atoms with Crippen LogP contribution in [0.2, 0.25) is 0 Å². The van der Waals surface area contributed by atoms with Crippen molar-refractivity contribution in [2.45, 2.75) is 17.2 Å². The van der Waals surface area contributed by atoms with E-state index in [0.29, 0.717) is 6.42 Å². The average Bonchev–Trinajstić information content (AvgIpc) is 2.89. The summed E-state index contributed by atoms with van der Waals surface area (Å²) in [6.45, 7) is 0. The van der Waals surface area contributed by atoms with Crippen LogP contribution in [-0.2, 0) is 16.0 Å². The van der Waals surface area contributed by atoms with Gasteiger partial charge < -0.3 is 15.9 Å². The predicted molar refractivity (Wildman–Crippen MR) is 144 cm³/mol. The Morgan fingerprint density at radius 1 is 0.629 bits per heavy atom. The summed E-state index contributed by atoms with van der Waals surface area (Å²) in [5.41, 5.74) is 8.84. The van der Waals surface area contributed by atoms with Gasteiger partial charge in [-0.3, -0.25) is 9.59 Å². The van der Waals surface area contributed by atoms with E-state index in [1.54, 1.807) is 12.1 Å². The molecule has 0 amide bonds. The normalized spacial score (nSPS) is 11.5. The van der Waals surface area contributed by atoms with Gasteiger partial charge in [0.15, 0.2) is 0 Å². The van der Waals surface area contributed by atoms with Crippen LogP contribution in [0.25, 0.3) is 0 Å². The number of halogens is 1. The van der Waals surface area contributed by atoms with Gasteiger partial charge in [0.2, 0.25) is 0 Å². The zero-order valence-electron chi connectivity index (χ0n) is 19.1. The number of aliphatic carboxylic acids is 2. The molecule has 0 aliphatic carbocycles. The maximum Gasteiger partial charge on any atom is 0.321 e. The highest BCUT2D eigenvalue weighted by Gasteiger charge is 2.19. The molecule has 4 N–H and O–H groups in total. The van der Waals surface area contributed by atoms with E-state index >= 15 is 0 Å². The number of rotatable bonds is 6. The molecule has 0 aliphatic rings. The lowest BCUT2D eigenvalue weighted by Crippen LogP contribution is -2.14. The van der Waals surface area contributed by atoms with Gasteiger partial charge in [-0.25, -0.2) is 0 Å². The Morgan fingerprint density at radius 3 is 1.40 bits per heavy atom. The first-order chi connectivity index (χ1) is 16.9. The number of hydrogen-bond donors (Lipinski definition) is 3. The average molecular weight is 534 g/mol. The fourth-order valence-corrected chi connectivity index (χ4v) is 3.41. The number of carbonyl (C=O) groups is 2. The highest BCUT2D eigenvalue weighted by atomic mass is 79.9. The molecule has 35 heavy (non-hydrogen) atoms. The van der Waals surface area contributed by atoms with Crippen LogP contribution in [0.3, 0.4) is 0 Å². The van der Waals surface area contributed by atoms with Crippen LogP contribution in [0.5, 0.6) is 0 Å². The zero-order valence-corrected chi connectivity index (χ0v) is 20.7. The minimum absolute atomic E-state index is 0.474. The molecule has 4 aromatic carbocycles. The van der Waals surface area contributed by atoms with E-state index in [4.69, 9.17) is 10.8 Å². The molecule has 2 atom stereocenters. The molecule has 2 unspecified atom stereocenters. The number of nitrogen functional groups attached to an aromatic ring is 1. The molecule has 5 nitrogen and oxygen atoms in total. The monoisotopic (exact) mass is 533 g/mol. The lowest BCUT2D eigenvalue weighted by atomic mass is 9.92.